The van der Waals surface area contributed by atoms with Crippen molar-refractivity contribution in [3.63, 3.8) is 0 Å². The fraction of sp³-hybridized carbons (Fsp3) is 0.0500. The molecule has 0 radical (unpaired) electrons. The third kappa shape index (κ3) is 3.30. The molecular weight excluding hydrogens is 344 g/mol. The number of nitrogens with zero attached hydrogens (tertiary/aromatic N) is 3. The number of imidazole rings is 1. The lowest BCUT2D eigenvalue weighted by atomic mass is 10.1. The Hall–Kier alpha value is -3.87. The molecule has 134 valence electrons. The fourth-order valence-corrected chi connectivity index (χ4v) is 2.75. The van der Waals surface area contributed by atoms with Crippen LogP contribution < -0.4 is 5.43 Å². The van der Waals surface area contributed by atoms with Gasteiger partial charge in [-0.15, -0.1) is 0 Å². The Morgan fingerprint density at radius 1 is 1.15 bits per heavy atom. The summed E-state index contributed by atoms with van der Waals surface area (Å²) < 4.78 is 7.65. The highest BCUT2D eigenvalue weighted by molar-refractivity contribution is 5.88. The van der Waals surface area contributed by atoms with Crippen LogP contribution in [0, 0.1) is 0 Å². The molecule has 0 atom stereocenters. The number of carboxylic acids is 1. The standard InChI is InChI=1S/C20H16N4O3/c1-24-17-5-3-2-4-16(17)22-20(24)23-21-12-15-10-11-18(27-15)13-6-8-14(9-7-13)19(25)26/h2-12H,1H3,(H,22,23)(H,25,26)/b21-12-. The number of carboxylic acid groups (broad SMARTS) is 1. The molecular formula is C20H16N4O3. The number of aromatic nitrogens is 2. The number of nitrogens with one attached hydrogen (secondary N) is 1. The van der Waals surface area contributed by atoms with Gasteiger partial charge in [0.25, 0.3) is 0 Å². The van der Waals surface area contributed by atoms with Crippen LogP contribution >= 0.6 is 0 Å². The summed E-state index contributed by atoms with van der Waals surface area (Å²) in [6.07, 6.45) is 1.56. The molecule has 2 aromatic carbocycles. The van der Waals surface area contributed by atoms with E-state index < -0.39 is 5.97 Å². The molecule has 7 heteroatoms. The average Bonchev–Trinajstić information content (AvgIpc) is 3.27. The lowest BCUT2D eigenvalue weighted by Gasteiger charge is -2.00. The van der Waals surface area contributed by atoms with Crippen LogP contribution in [0.15, 0.2) is 70.2 Å². The van der Waals surface area contributed by atoms with E-state index in [0.717, 1.165) is 16.6 Å². The quantitative estimate of drug-likeness (QED) is 0.415. The molecule has 0 saturated carbocycles. The van der Waals surface area contributed by atoms with Gasteiger partial charge in [-0.2, -0.15) is 5.10 Å². The first kappa shape index (κ1) is 16.6. The average molecular weight is 360 g/mol. The van der Waals surface area contributed by atoms with Crippen molar-refractivity contribution in [3.8, 4) is 11.3 Å². The van der Waals surface area contributed by atoms with Gasteiger partial charge in [0.2, 0.25) is 5.95 Å². The van der Waals surface area contributed by atoms with Gasteiger partial charge in [0, 0.05) is 12.6 Å². The summed E-state index contributed by atoms with van der Waals surface area (Å²) in [5.74, 6) is 0.875. The van der Waals surface area contributed by atoms with Gasteiger partial charge < -0.3 is 14.1 Å². The number of furan rings is 1. The van der Waals surface area contributed by atoms with Gasteiger partial charge in [-0.1, -0.05) is 24.3 Å². The first-order chi connectivity index (χ1) is 13.1. The van der Waals surface area contributed by atoms with E-state index in [4.69, 9.17) is 9.52 Å². The molecule has 2 N–H and O–H groups in total. The van der Waals surface area contributed by atoms with Gasteiger partial charge in [-0.25, -0.2) is 15.2 Å². The van der Waals surface area contributed by atoms with E-state index in [1.807, 2.05) is 41.9 Å². The molecule has 27 heavy (non-hydrogen) atoms. The van der Waals surface area contributed by atoms with Crippen molar-refractivity contribution in [3.05, 3.63) is 72.0 Å². The highest BCUT2D eigenvalue weighted by atomic mass is 16.4. The van der Waals surface area contributed by atoms with Gasteiger partial charge >= 0.3 is 5.97 Å². The summed E-state index contributed by atoms with van der Waals surface area (Å²) in [7, 11) is 1.92. The van der Waals surface area contributed by atoms with E-state index in [9.17, 15) is 4.79 Å². The Labute approximate surface area is 154 Å². The van der Waals surface area contributed by atoms with Gasteiger partial charge in [-0.3, -0.25) is 0 Å². The Morgan fingerprint density at radius 3 is 2.67 bits per heavy atom. The number of carbonyl (C=O) groups is 1. The number of aryl methyl sites for hydroxylation is 1. The second-order valence-corrected chi connectivity index (χ2v) is 5.94. The van der Waals surface area contributed by atoms with Crippen LogP contribution in [0.2, 0.25) is 0 Å². The molecule has 2 heterocycles. The molecule has 4 aromatic rings. The fourth-order valence-electron chi connectivity index (χ4n) is 2.75. The maximum atomic E-state index is 10.9. The molecule has 2 aromatic heterocycles. The van der Waals surface area contributed by atoms with Gasteiger partial charge in [0.05, 0.1) is 22.8 Å². The van der Waals surface area contributed by atoms with Crippen molar-refractivity contribution >= 4 is 29.2 Å². The third-order valence-corrected chi connectivity index (χ3v) is 4.19. The van der Waals surface area contributed by atoms with Crippen LogP contribution in [-0.2, 0) is 7.05 Å². The minimum absolute atomic E-state index is 0.235. The first-order valence-electron chi connectivity index (χ1n) is 8.26. The van der Waals surface area contributed by atoms with Crippen LogP contribution in [0.4, 0.5) is 5.95 Å². The molecule has 0 aliphatic carbocycles. The summed E-state index contributed by atoms with van der Waals surface area (Å²) in [5.41, 5.74) is 5.85. The Balaban J connectivity index is 1.48. The van der Waals surface area contributed by atoms with E-state index in [-0.39, 0.29) is 5.56 Å². The number of anilines is 1. The zero-order chi connectivity index (χ0) is 18.8. The van der Waals surface area contributed by atoms with Crippen molar-refractivity contribution in [2.75, 3.05) is 5.43 Å². The topological polar surface area (TPSA) is 92.7 Å². The molecule has 0 amide bonds. The van der Waals surface area contributed by atoms with Crippen molar-refractivity contribution in [2.24, 2.45) is 12.1 Å². The lowest BCUT2D eigenvalue weighted by molar-refractivity contribution is 0.0697. The lowest BCUT2D eigenvalue weighted by Crippen LogP contribution is -1.98. The van der Waals surface area contributed by atoms with Crippen molar-refractivity contribution in [1.82, 2.24) is 9.55 Å². The molecule has 0 spiro atoms. The summed E-state index contributed by atoms with van der Waals surface area (Å²) in [6, 6.07) is 17.9. The summed E-state index contributed by atoms with van der Waals surface area (Å²) in [5, 5.41) is 13.1. The zero-order valence-corrected chi connectivity index (χ0v) is 14.5. The zero-order valence-electron chi connectivity index (χ0n) is 14.5. The van der Waals surface area contributed by atoms with Gasteiger partial charge in [0.15, 0.2) is 0 Å². The third-order valence-electron chi connectivity index (χ3n) is 4.19. The highest BCUT2D eigenvalue weighted by Gasteiger charge is 2.07. The number of aromatic carboxylic acids is 1. The molecule has 4 rings (SSSR count). The van der Waals surface area contributed by atoms with Crippen LogP contribution in [0.25, 0.3) is 22.4 Å². The Kier molecular flexibility index (Phi) is 4.18. The molecule has 0 aliphatic heterocycles. The molecule has 0 fully saturated rings. The predicted molar refractivity (Wildman–Crippen MR) is 103 cm³/mol. The second-order valence-electron chi connectivity index (χ2n) is 5.94. The first-order valence-corrected chi connectivity index (χ1v) is 8.26. The normalized spacial score (nSPS) is 11.3. The number of hydrogen-bond acceptors (Lipinski definition) is 5. The number of rotatable bonds is 5. The van der Waals surface area contributed by atoms with E-state index in [1.54, 1.807) is 36.5 Å². The van der Waals surface area contributed by atoms with E-state index in [2.05, 4.69) is 15.5 Å². The van der Waals surface area contributed by atoms with Crippen LogP contribution in [-0.4, -0.2) is 26.8 Å². The smallest absolute Gasteiger partial charge is 0.335 e. The van der Waals surface area contributed by atoms with E-state index in [0.29, 0.717) is 17.5 Å². The summed E-state index contributed by atoms with van der Waals surface area (Å²) in [4.78, 5) is 15.4. The second kappa shape index (κ2) is 6.80. The van der Waals surface area contributed by atoms with E-state index in [1.165, 1.54) is 0 Å². The predicted octanol–water partition coefficient (Wildman–Crippen LogP) is 3.98. The monoisotopic (exact) mass is 360 g/mol. The number of para-hydroxylation sites is 2. The van der Waals surface area contributed by atoms with Crippen molar-refractivity contribution < 1.29 is 14.3 Å². The molecule has 0 bridgehead atoms. The summed E-state index contributed by atoms with van der Waals surface area (Å²) in [6.45, 7) is 0. The van der Waals surface area contributed by atoms with E-state index >= 15 is 0 Å². The van der Waals surface area contributed by atoms with Gasteiger partial charge in [0.1, 0.15) is 11.5 Å². The SMILES string of the molecule is Cn1c(N/N=C\c2ccc(-c3ccc(C(=O)O)cc3)o2)nc2ccccc21. The molecule has 0 unspecified atom stereocenters. The minimum Gasteiger partial charge on any atom is -0.478 e. The summed E-state index contributed by atoms with van der Waals surface area (Å²) >= 11 is 0. The molecule has 0 aliphatic rings. The number of hydrazone groups is 1. The molecule has 0 saturated heterocycles. The Bertz CT molecular complexity index is 1140. The van der Waals surface area contributed by atoms with Crippen molar-refractivity contribution in [1.29, 1.82) is 0 Å². The maximum absolute atomic E-state index is 10.9. The highest BCUT2D eigenvalue weighted by Crippen LogP contribution is 2.22. The van der Waals surface area contributed by atoms with Crippen molar-refractivity contribution in [2.45, 2.75) is 0 Å². The van der Waals surface area contributed by atoms with Crippen LogP contribution in [0.5, 0.6) is 0 Å². The number of fused-ring (bicyclic) bond motifs is 1. The Morgan fingerprint density at radius 2 is 1.93 bits per heavy atom. The number of benzene rings is 2. The van der Waals surface area contributed by atoms with Gasteiger partial charge in [-0.05, 0) is 36.4 Å². The molecule has 7 nitrogen and oxygen atoms in total. The minimum atomic E-state index is -0.957. The maximum Gasteiger partial charge on any atom is 0.335 e. The number of hydrogen-bond donors (Lipinski definition) is 2. The van der Waals surface area contributed by atoms with Crippen LogP contribution in [0.1, 0.15) is 16.1 Å². The van der Waals surface area contributed by atoms with Crippen LogP contribution in [0.3, 0.4) is 0 Å². The largest absolute Gasteiger partial charge is 0.478 e.